The Morgan fingerprint density at radius 1 is 1.32 bits per heavy atom. The number of nitrogens with one attached hydrogen (secondary N) is 1. The van der Waals surface area contributed by atoms with E-state index < -0.39 is 6.03 Å². The fraction of sp³-hybridized carbons (Fsp3) is 0.667. The summed E-state index contributed by atoms with van der Waals surface area (Å²) in [7, 11) is 0. The first-order valence-corrected chi connectivity index (χ1v) is 7.90. The van der Waals surface area contributed by atoms with Crippen LogP contribution >= 0.6 is 0 Å². The Hall–Kier alpha value is -2.05. The van der Waals surface area contributed by atoms with Gasteiger partial charge in [-0.1, -0.05) is 0 Å². The van der Waals surface area contributed by atoms with Gasteiger partial charge in [0.25, 0.3) is 0 Å². The molecule has 1 unspecified atom stereocenters. The molecule has 2 aliphatic heterocycles. The molecule has 1 atom stereocenters. The number of nitrogens with zero attached hydrogens (tertiary/aromatic N) is 3. The molecule has 0 aliphatic carbocycles. The second-order valence-corrected chi connectivity index (χ2v) is 6.29. The van der Waals surface area contributed by atoms with E-state index in [1.54, 1.807) is 4.90 Å². The quantitative estimate of drug-likeness (QED) is 0.829. The zero-order chi connectivity index (χ0) is 15.7. The molecule has 0 saturated carbocycles. The maximum atomic E-state index is 12.4. The van der Waals surface area contributed by atoms with E-state index in [9.17, 15) is 9.59 Å². The second-order valence-electron chi connectivity index (χ2n) is 6.29. The van der Waals surface area contributed by atoms with Crippen LogP contribution in [0.25, 0.3) is 0 Å². The van der Waals surface area contributed by atoms with Gasteiger partial charge in [0.1, 0.15) is 5.82 Å². The number of amides is 3. The van der Waals surface area contributed by atoms with Gasteiger partial charge in [0.2, 0.25) is 5.91 Å². The van der Waals surface area contributed by atoms with Crippen molar-refractivity contribution in [1.82, 2.24) is 19.8 Å². The largest absolute Gasteiger partial charge is 0.351 e. The van der Waals surface area contributed by atoms with Crippen LogP contribution < -0.4 is 11.1 Å². The summed E-state index contributed by atoms with van der Waals surface area (Å²) in [6.07, 6.45) is 5.26. The first-order chi connectivity index (χ1) is 10.5. The molecule has 0 radical (unpaired) electrons. The first-order valence-electron chi connectivity index (χ1n) is 7.90. The van der Waals surface area contributed by atoms with E-state index in [0.717, 1.165) is 30.9 Å². The summed E-state index contributed by atoms with van der Waals surface area (Å²) in [6.45, 7) is 3.93. The number of aryl methyl sites for hydroxylation is 2. The van der Waals surface area contributed by atoms with Crippen molar-refractivity contribution in [3.63, 3.8) is 0 Å². The first kappa shape index (κ1) is 14.9. The lowest BCUT2D eigenvalue weighted by Gasteiger charge is -2.32. The predicted octanol–water partition coefficient (Wildman–Crippen LogP) is 0.413. The highest BCUT2D eigenvalue weighted by Crippen LogP contribution is 2.19. The van der Waals surface area contributed by atoms with Gasteiger partial charge in [-0.05, 0) is 26.2 Å². The molecule has 1 saturated heterocycles. The molecule has 3 amide bonds. The molecule has 1 aromatic heterocycles. The number of carbonyl (C=O) groups excluding carboxylic acids is 2. The maximum absolute atomic E-state index is 12.4. The number of urea groups is 1. The van der Waals surface area contributed by atoms with E-state index in [2.05, 4.69) is 14.9 Å². The highest BCUT2D eigenvalue weighted by Gasteiger charge is 2.29. The molecule has 3 N–H and O–H groups in total. The van der Waals surface area contributed by atoms with Crippen molar-refractivity contribution in [2.75, 3.05) is 13.1 Å². The van der Waals surface area contributed by atoms with Crippen LogP contribution in [-0.4, -0.2) is 45.5 Å². The summed E-state index contributed by atoms with van der Waals surface area (Å²) in [5.74, 6) is 1.20. The lowest BCUT2D eigenvalue weighted by molar-refractivity contribution is -0.127. The number of carbonyl (C=O) groups is 2. The molecule has 0 aromatic carbocycles. The van der Waals surface area contributed by atoms with Crippen LogP contribution in [-0.2, 0) is 17.8 Å². The Morgan fingerprint density at radius 3 is 2.73 bits per heavy atom. The minimum absolute atomic E-state index is 0.0125. The molecule has 7 nitrogen and oxygen atoms in total. The maximum Gasteiger partial charge on any atom is 0.314 e. The number of nitrogens with two attached hydrogens (primary N) is 1. The third kappa shape index (κ3) is 3.08. The number of primary amides is 1. The Morgan fingerprint density at radius 2 is 2.05 bits per heavy atom. The van der Waals surface area contributed by atoms with Crippen molar-refractivity contribution in [2.24, 2.45) is 11.7 Å². The minimum Gasteiger partial charge on any atom is -0.351 e. The van der Waals surface area contributed by atoms with E-state index in [0.29, 0.717) is 25.9 Å². The molecule has 1 aromatic rings. The number of hydrogen-bond donors (Lipinski definition) is 2. The van der Waals surface area contributed by atoms with Gasteiger partial charge in [0.15, 0.2) is 0 Å². The number of hydrogen-bond acceptors (Lipinski definition) is 3. The van der Waals surface area contributed by atoms with Crippen LogP contribution in [0.1, 0.15) is 30.8 Å². The molecule has 22 heavy (non-hydrogen) atoms. The Labute approximate surface area is 129 Å². The van der Waals surface area contributed by atoms with Gasteiger partial charge in [-0.2, -0.15) is 0 Å². The van der Waals surface area contributed by atoms with Crippen molar-refractivity contribution >= 4 is 11.9 Å². The van der Waals surface area contributed by atoms with Crippen molar-refractivity contribution in [1.29, 1.82) is 0 Å². The van der Waals surface area contributed by atoms with E-state index in [1.165, 1.54) is 0 Å². The zero-order valence-corrected chi connectivity index (χ0v) is 12.9. The number of piperidine rings is 1. The summed E-state index contributed by atoms with van der Waals surface area (Å²) in [6, 6.07) is -0.225. The van der Waals surface area contributed by atoms with Gasteiger partial charge in [-0.15, -0.1) is 0 Å². The number of imidazole rings is 1. The van der Waals surface area contributed by atoms with Gasteiger partial charge >= 0.3 is 6.03 Å². The summed E-state index contributed by atoms with van der Waals surface area (Å²) >= 11 is 0. The minimum atomic E-state index is -0.394. The fourth-order valence-electron chi connectivity index (χ4n) is 3.39. The third-order valence-electron chi connectivity index (χ3n) is 4.64. The molecule has 3 rings (SSSR count). The summed E-state index contributed by atoms with van der Waals surface area (Å²) < 4.78 is 2.14. The summed E-state index contributed by atoms with van der Waals surface area (Å²) in [5, 5.41) is 3.16. The van der Waals surface area contributed by atoms with E-state index in [4.69, 9.17) is 5.73 Å². The van der Waals surface area contributed by atoms with E-state index in [-0.39, 0.29) is 17.9 Å². The number of fused-ring (bicyclic) bond motifs is 1. The number of likely N-dealkylation sites (tertiary alicyclic amines) is 1. The fourth-order valence-corrected chi connectivity index (χ4v) is 3.39. The summed E-state index contributed by atoms with van der Waals surface area (Å²) in [5.41, 5.74) is 6.29. The van der Waals surface area contributed by atoms with Crippen LogP contribution in [0.3, 0.4) is 0 Å². The Balaban J connectivity index is 1.52. The number of rotatable bonds is 2. The van der Waals surface area contributed by atoms with Crippen molar-refractivity contribution in [3.05, 3.63) is 17.7 Å². The van der Waals surface area contributed by atoms with Gasteiger partial charge in [0, 0.05) is 44.2 Å². The molecular weight excluding hydrogens is 282 g/mol. The average molecular weight is 305 g/mol. The molecule has 1 fully saturated rings. The number of aromatic nitrogens is 2. The van der Waals surface area contributed by atoms with Gasteiger partial charge in [0.05, 0.1) is 5.69 Å². The Bertz CT molecular complexity index is 574. The molecule has 120 valence electrons. The molecular formula is C15H23N5O2. The SMILES string of the molecule is Cc1cn2c(n1)CCC(NC(=O)C1CCN(C(N)=O)CC1)C2. The van der Waals surface area contributed by atoms with Gasteiger partial charge < -0.3 is 20.5 Å². The molecule has 2 aliphatic rings. The normalized spacial score (nSPS) is 22.2. The highest BCUT2D eigenvalue weighted by molar-refractivity contribution is 5.79. The van der Waals surface area contributed by atoms with Crippen LogP contribution in [0.15, 0.2) is 6.20 Å². The topological polar surface area (TPSA) is 93.2 Å². The monoisotopic (exact) mass is 305 g/mol. The molecule has 7 heteroatoms. The van der Waals surface area contributed by atoms with Crippen molar-refractivity contribution in [2.45, 2.75) is 45.2 Å². The standard InChI is InChI=1S/C15H23N5O2/c1-10-8-20-9-12(2-3-13(20)17-10)18-14(21)11-4-6-19(7-5-11)15(16)22/h8,11-12H,2-7,9H2,1H3,(H2,16,22)(H,18,21). The smallest absolute Gasteiger partial charge is 0.314 e. The van der Waals surface area contributed by atoms with Crippen LogP contribution in [0.5, 0.6) is 0 Å². The van der Waals surface area contributed by atoms with Crippen molar-refractivity contribution < 1.29 is 9.59 Å². The Kier molecular flexibility index (Phi) is 4.04. The zero-order valence-electron chi connectivity index (χ0n) is 12.9. The van der Waals surface area contributed by atoms with Gasteiger partial charge in [-0.25, -0.2) is 9.78 Å². The summed E-state index contributed by atoms with van der Waals surface area (Å²) in [4.78, 5) is 29.6. The van der Waals surface area contributed by atoms with Gasteiger partial charge in [-0.3, -0.25) is 4.79 Å². The highest BCUT2D eigenvalue weighted by atomic mass is 16.2. The molecule has 3 heterocycles. The third-order valence-corrected chi connectivity index (χ3v) is 4.64. The second kappa shape index (κ2) is 5.98. The predicted molar refractivity (Wildman–Crippen MR) is 81.1 cm³/mol. The average Bonchev–Trinajstić information content (AvgIpc) is 2.86. The lowest BCUT2D eigenvalue weighted by Crippen LogP contribution is -2.48. The molecule has 0 spiro atoms. The molecule has 0 bridgehead atoms. The van der Waals surface area contributed by atoms with Crippen LogP contribution in [0, 0.1) is 12.8 Å². The van der Waals surface area contributed by atoms with E-state index in [1.807, 2.05) is 13.1 Å². The van der Waals surface area contributed by atoms with Crippen molar-refractivity contribution in [3.8, 4) is 0 Å². The van der Waals surface area contributed by atoms with Crippen LogP contribution in [0.2, 0.25) is 0 Å². The van der Waals surface area contributed by atoms with Crippen LogP contribution in [0.4, 0.5) is 4.79 Å². The lowest BCUT2D eigenvalue weighted by atomic mass is 9.95. The van der Waals surface area contributed by atoms with E-state index >= 15 is 0 Å².